The second-order valence-corrected chi connectivity index (χ2v) is 5.43. The SMILES string of the molecule is CCCN1C(=O)c2c(N)cccc2S1(=O)=O. The van der Waals surface area contributed by atoms with Gasteiger partial charge in [0.25, 0.3) is 15.9 Å². The van der Waals surface area contributed by atoms with Gasteiger partial charge in [0.15, 0.2) is 0 Å². The lowest BCUT2D eigenvalue weighted by molar-refractivity contribution is 0.0872. The van der Waals surface area contributed by atoms with Gasteiger partial charge >= 0.3 is 0 Å². The van der Waals surface area contributed by atoms with Crippen LogP contribution in [-0.2, 0) is 10.0 Å². The fourth-order valence-corrected chi connectivity index (χ4v) is 3.45. The van der Waals surface area contributed by atoms with E-state index in [1.165, 1.54) is 18.2 Å². The van der Waals surface area contributed by atoms with Gasteiger partial charge in [-0.1, -0.05) is 13.0 Å². The minimum Gasteiger partial charge on any atom is -0.398 e. The molecule has 0 bridgehead atoms. The molecule has 0 atom stereocenters. The number of amides is 1. The van der Waals surface area contributed by atoms with E-state index in [0.717, 1.165) is 4.31 Å². The molecule has 1 heterocycles. The van der Waals surface area contributed by atoms with Crippen LogP contribution in [0.25, 0.3) is 0 Å². The van der Waals surface area contributed by atoms with Gasteiger partial charge in [0.1, 0.15) is 4.90 Å². The predicted octanol–water partition coefficient (Wildman–Crippen LogP) is 0.823. The highest BCUT2D eigenvalue weighted by molar-refractivity contribution is 7.90. The summed E-state index contributed by atoms with van der Waals surface area (Å²) in [7, 11) is -3.68. The molecule has 1 amide bonds. The topological polar surface area (TPSA) is 80.5 Å². The highest BCUT2D eigenvalue weighted by atomic mass is 32.2. The normalized spacial score (nSPS) is 17.6. The summed E-state index contributed by atoms with van der Waals surface area (Å²) in [5.74, 6) is -0.519. The maximum atomic E-state index is 12.0. The van der Waals surface area contributed by atoms with Crippen LogP contribution in [0, 0.1) is 0 Å². The number of carbonyl (C=O) groups is 1. The Bertz CT molecular complexity index is 551. The monoisotopic (exact) mass is 240 g/mol. The van der Waals surface area contributed by atoms with Crippen LogP contribution < -0.4 is 5.73 Å². The van der Waals surface area contributed by atoms with E-state index in [0.29, 0.717) is 6.42 Å². The second-order valence-electron chi connectivity index (χ2n) is 3.60. The third kappa shape index (κ3) is 1.30. The van der Waals surface area contributed by atoms with Crippen molar-refractivity contribution in [3.8, 4) is 0 Å². The summed E-state index contributed by atoms with van der Waals surface area (Å²) >= 11 is 0. The lowest BCUT2D eigenvalue weighted by Crippen LogP contribution is -2.30. The van der Waals surface area contributed by atoms with Gasteiger partial charge in [-0.25, -0.2) is 12.7 Å². The van der Waals surface area contributed by atoms with Crippen LogP contribution in [0.5, 0.6) is 0 Å². The van der Waals surface area contributed by atoms with Gasteiger partial charge in [-0.2, -0.15) is 0 Å². The van der Waals surface area contributed by atoms with Crippen LogP contribution >= 0.6 is 0 Å². The summed E-state index contributed by atoms with van der Waals surface area (Å²) in [5, 5.41) is 0. The van der Waals surface area contributed by atoms with Crippen molar-refractivity contribution in [2.45, 2.75) is 18.2 Å². The quantitative estimate of drug-likeness (QED) is 0.776. The Morgan fingerprint density at radius 2 is 2.06 bits per heavy atom. The maximum Gasteiger partial charge on any atom is 0.271 e. The third-order valence-electron chi connectivity index (χ3n) is 2.49. The zero-order valence-electron chi connectivity index (χ0n) is 8.80. The molecule has 6 heteroatoms. The number of sulfonamides is 1. The number of hydrogen-bond donors (Lipinski definition) is 1. The van der Waals surface area contributed by atoms with Crippen LogP contribution in [-0.4, -0.2) is 25.2 Å². The van der Waals surface area contributed by atoms with E-state index in [4.69, 9.17) is 5.73 Å². The van der Waals surface area contributed by atoms with Crippen LogP contribution in [0.15, 0.2) is 23.1 Å². The lowest BCUT2D eigenvalue weighted by Gasteiger charge is -2.12. The van der Waals surface area contributed by atoms with Crippen LogP contribution in [0.4, 0.5) is 5.69 Å². The molecule has 16 heavy (non-hydrogen) atoms. The van der Waals surface area contributed by atoms with Crippen molar-refractivity contribution in [2.24, 2.45) is 0 Å². The minimum atomic E-state index is -3.68. The predicted molar refractivity (Wildman–Crippen MR) is 59.4 cm³/mol. The zero-order valence-corrected chi connectivity index (χ0v) is 9.62. The first-order chi connectivity index (χ1) is 7.50. The van der Waals surface area contributed by atoms with Crippen molar-refractivity contribution in [1.82, 2.24) is 4.31 Å². The van der Waals surface area contributed by atoms with Crippen LogP contribution in [0.2, 0.25) is 0 Å². The molecular weight excluding hydrogens is 228 g/mol. The molecular formula is C10H12N2O3S. The van der Waals surface area contributed by atoms with Crippen molar-refractivity contribution >= 4 is 21.6 Å². The molecule has 0 unspecified atom stereocenters. The number of nitrogen functional groups attached to an aromatic ring is 1. The van der Waals surface area contributed by atoms with E-state index in [-0.39, 0.29) is 22.7 Å². The smallest absolute Gasteiger partial charge is 0.271 e. The van der Waals surface area contributed by atoms with Gasteiger partial charge in [-0.05, 0) is 18.6 Å². The summed E-state index contributed by atoms with van der Waals surface area (Å²) < 4.78 is 24.9. The molecule has 0 fully saturated rings. The van der Waals surface area contributed by atoms with Gasteiger partial charge in [0.2, 0.25) is 0 Å². The summed E-state index contributed by atoms with van der Waals surface area (Å²) in [6.07, 6.45) is 0.582. The van der Waals surface area contributed by atoms with Crippen molar-refractivity contribution in [2.75, 3.05) is 12.3 Å². The molecule has 0 spiro atoms. The molecule has 0 radical (unpaired) electrons. The first-order valence-electron chi connectivity index (χ1n) is 4.95. The Hall–Kier alpha value is -1.56. The maximum absolute atomic E-state index is 12.0. The number of nitrogens with two attached hydrogens (primary N) is 1. The lowest BCUT2D eigenvalue weighted by atomic mass is 10.1. The number of nitrogens with zero attached hydrogens (tertiary/aromatic N) is 1. The summed E-state index contributed by atoms with van der Waals surface area (Å²) in [5.41, 5.74) is 5.95. The van der Waals surface area contributed by atoms with Crippen LogP contribution in [0.3, 0.4) is 0 Å². The summed E-state index contributed by atoms with van der Waals surface area (Å²) in [6, 6.07) is 4.48. The minimum absolute atomic E-state index is 0.0194. The second kappa shape index (κ2) is 3.48. The van der Waals surface area contributed by atoms with Crippen LogP contribution in [0.1, 0.15) is 23.7 Å². The first-order valence-corrected chi connectivity index (χ1v) is 6.39. The van der Waals surface area contributed by atoms with Gasteiger partial charge in [0.05, 0.1) is 5.56 Å². The van der Waals surface area contributed by atoms with Gasteiger partial charge in [-0.15, -0.1) is 0 Å². The Morgan fingerprint density at radius 3 is 2.62 bits per heavy atom. The number of fused-ring (bicyclic) bond motifs is 1. The number of carbonyl (C=O) groups excluding carboxylic acids is 1. The largest absolute Gasteiger partial charge is 0.398 e. The van der Waals surface area contributed by atoms with Gasteiger partial charge in [0, 0.05) is 12.2 Å². The fraction of sp³-hybridized carbons (Fsp3) is 0.300. The highest BCUT2D eigenvalue weighted by Gasteiger charge is 2.41. The average molecular weight is 240 g/mol. The zero-order chi connectivity index (χ0) is 11.9. The van der Waals surface area contributed by atoms with E-state index < -0.39 is 15.9 Å². The van der Waals surface area contributed by atoms with E-state index >= 15 is 0 Å². The molecule has 1 aromatic rings. The standard InChI is InChI=1S/C10H12N2O3S/c1-2-6-12-10(13)9-7(11)4-3-5-8(9)16(12,14)15/h3-5H,2,6,11H2,1H3. The van der Waals surface area contributed by atoms with Crippen molar-refractivity contribution in [1.29, 1.82) is 0 Å². The molecule has 2 N–H and O–H groups in total. The molecule has 1 aliphatic heterocycles. The third-order valence-corrected chi connectivity index (χ3v) is 4.32. The number of anilines is 1. The fourth-order valence-electron chi connectivity index (χ4n) is 1.77. The first kappa shape index (κ1) is 10.9. The van der Waals surface area contributed by atoms with Gasteiger partial charge in [-0.3, -0.25) is 4.79 Å². The average Bonchev–Trinajstić information content (AvgIpc) is 2.41. The molecule has 0 aliphatic carbocycles. The molecule has 1 aliphatic rings. The molecule has 5 nitrogen and oxygen atoms in total. The van der Waals surface area contributed by atoms with E-state index in [1.54, 1.807) is 0 Å². The Labute approximate surface area is 93.9 Å². The molecule has 0 saturated carbocycles. The molecule has 1 aromatic carbocycles. The van der Waals surface area contributed by atoms with Gasteiger partial charge < -0.3 is 5.73 Å². The van der Waals surface area contributed by atoms with Crippen molar-refractivity contribution in [3.05, 3.63) is 23.8 Å². The van der Waals surface area contributed by atoms with Crippen molar-refractivity contribution < 1.29 is 13.2 Å². The summed E-state index contributed by atoms with van der Waals surface area (Å²) in [4.78, 5) is 11.9. The Kier molecular flexibility index (Phi) is 2.38. The van der Waals surface area contributed by atoms with E-state index in [9.17, 15) is 13.2 Å². The molecule has 0 saturated heterocycles. The summed E-state index contributed by atoms with van der Waals surface area (Å²) in [6.45, 7) is 2.00. The molecule has 2 rings (SSSR count). The van der Waals surface area contributed by atoms with E-state index in [2.05, 4.69) is 0 Å². The Morgan fingerprint density at radius 1 is 1.38 bits per heavy atom. The van der Waals surface area contributed by atoms with E-state index in [1.807, 2.05) is 6.92 Å². The number of hydrogen-bond acceptors (Lipinski definition) is 4. The number of rotatable bonds is 2. The highest BCUT2D eigenvalue weighted by Crippen LogP contribution is 2.33. The van der Waals surface area contributed by atoms with Crippen molar-refractivity contribution in [3.63, 3.8) is 0 Å². The molecule has 0 aromatic heterocycles. The molecule has 86 valence electrons. The number of benzene rings is 1. The Balaban J connectivity index is 2.67.